The molecule has 1 aliphatic heterocycles. The number of ether oxygens (including phenoxy) is 1. The van der Waals surface area contributed by atoms with Crippen molar-refractivity contribution in [1.29, 1.82) is 0 Å². The molecule has 0 spiro atoms. The first-order chi connectivity index (χ1) is 11.8. The molecule has 2 rings (SSSR count). The normalized spacial score (nSPS) is 18.5. The Morgan fingerprint density at radius 2 is 2.04 bits per heavy atom. The van der Waals surface area contributed by atoms with Crippen molar-refractivity contribution in [3.05, 3.63) is 29.8 Å². The zero-order valence-electron chi connectivity index (χ0n) is 15.1. The average molecular weight is 369 g/mol. The number of sulfonamides is 1. The molecule has 1 heterocycles. The number of carbonyl (C=O) groups excluding carboxylic acids is 1. The summed E-state index contributed by atoms with van der Waals surface area (Å²) in [6.07, 6.45) is 0.796. The van der Waals surface area contributed by atoms with Crippen LogP contribution in [0.5, 0.6) is 0 Å². The Morgan fingerprint density at radius 3 is 2.76 bits per heavy atom. The Morgan fingerprint density at radius 1 is 1.28 bits per heavy atom. The van der Waals surface area contributed by atoms with E-state index in [-0.39, 0.29) is 16.8 Å². The minimum absolute atomic E-state index is 0.154. The molecule has 0 bridgehead atoms. The number of hydrogen-bond acceptors (Lipinski definition) is 5. The molecule has 1 aliphatic rings. The molecule has 0 aromatic heterocycles. The Bertz CT molecular complexity index is 693. The minimum atomic E-state index is -3.60. The molecule has 140 valence electrons. The summed E-state index contributed by atoms with van der Waals surface area (Å²) < 4.78 is 32.3. The zero-order valence-corrected chi connectivity index (χ0v) is 15.9. The molecule has 8 heteroatoms. The van der Waals surface area contributed by atoms with E-state index in [1.807, 2.05) is 14.0 Å². The minimum Gasteiger partial charge on any atom is -0.383 e. The molecule has 1 saturated heterocycles. The molecule has 1 aromatic rings. The highest BCUT2D eigenvalue weighted by Crippen LogP contribution is 2.19. The van der Waals surface area contributed by atoms with Crippen LogP contribution < -0.4 is 5.32 Å². The third-order valence-corrected chi connectivity index (χ3v) is 6.10. The maximum Gasteiger partial charge on any atom is 0.251 e. The number of rotatable bonds is 6. The lowest BCUT2D eigenvalue weighted by Crippen LogP contribution is -2.36. The quantitative estimate of drug-likeness (QED) is 0.802. The van der Waals surface area contributed by atoms with Crippen LogP contribution >= 0.6 is 0 Å². The summed E-state index contributed by atoms with van der Waals surface area (Å²) >= 11 is 0. The Labute approximate surface area is 150 Å². The van der Waals surface area contributed by atoms with Crippen LogP contribution in [-0.2, 0) is 14.8 Å². The number of methoxy groups -OCH3 is 1. The third kappa shape index (κ3) is 5.24. The van der Waals surface area contributed by atoms with Crippen molar-refractivity contribution in [2.24, 2.45) is 0 Å². The van der Waals surface area contributed by atoms with Gasteiger partial charge in [0, 0.05) is 38.3 Å². The van der Waals surface area contributed by atoms with Crippen molar-refractivity contribution in [1.82, 2.24) is 14.5 Å². The topological polar surface area (TPSA) is 78.9 Å². The van der Waals surface area contributed by atoms with E-state index < -0.39 is 10.0 Å². The van der Waals surface area contributed by atoms with E-state index in [1.54, 1.807) is 25.3 Å². The fraction of sp³-hybridized carbons (Fsp3) is 0.588. The number of carbonyl (C=O) groups is 1. The van der Waals surface area contributed by atoms with Crippen LogP contribution in [-0.4, -0.2) is 76.5 Å². The third-order valence-electron chi connectivity index (χ3n) is 4.21. The van der Waals surface area contributed by atoms with Crippen molar-refractivity contribution >= 4 is 15.9 Å². The van der Waals surface area contributed by atoms with E-state index in [9.17, 15) is 13.2 Å². The van der Waals surface area contributed by atoms with Crippen LogP contribution in [0.1, 0.15) is 23.7 Å². The SMILES string of the molecule is COCC(C)NC(=O)c1cccc(S(=O)(=O)N2CCCN(C)CC2)c1. The second-order valence-electron chi connectivity index (χ2n) is 6.42. The highest BCUT2D eigenvalue weighted by molar-refractivity contribution is 7.89. The second-order valence-corrected chi connectivity index (χ2v) is 8.36. The van der Waals surface area contributed by atoms with Crippen molar-refractivity contribution < 1.29 is 17.9 Å². The summed E-state index contributed by atoms with van der Waals surface area (Å²) in [5.74, 6) is -0.308. The van der Waals surface area contributed by atoms with Gasteiger partial charge in [0.1, 0.15) is 0 Å². The maximum atomic E-state index is 12.9. The van der Waals surface area contributed by atoms with Crippen molar-refractivity contribution in [3.8, 4) is 0 Å². The first-order valence-corrected chi connectivity index (χ1v) is 9.87. The van der Waals surface area contributed by atoms with Crippen molar-refractivity contribution in [3.63, 3.8) is 0 Å². The van der Waals surface area contributed by atoms with Gasteiger partial charge in [-0.3, -0.25) is 4.79 Å². The molecule has 0 aliphatic carbocycles. The van der Waals surface area contributed by atoms with Crippen LogP contribution in [0.4, 0.5) is 0 Å². The summed E-state index contributed by atoms with van der Waals surface area (Å²) in [5.41, 5.74) is 0.330. The Hall–Kier alpha value is -1.48. The molecule has 1 N–H and O–H groups in total. The molecule has 1 amide bonds. The lowest BCUT2D eigenvalue weighted by Gasteiger charge is -2.20. The van der Waals surface area contributed by atoms with Gasteiger partial charge in [-0.15, -0.1) is 0 Å². The molecule has 7 nitrogen and oxygen atoms in total. The molecule has 1 fully saturated rings. The van der Waals surface area contributed by atoms with Crippen LogP contribution in [0, 0.1) is 0 Å². The van der Waals surface area contributed by atoms with E-state index in [0.717, 1.165) is 13.0 Å². The monoisotopic (exact) mass is 369 g/mol. The number of hydrogen-bond donors (Lipinski definition) is 1. The summed E-state index contributed by atoms with van der Waals surface area (Å²) in [4.78, 5) is 14.6. The summed E-state index contributed by atoms with van der Waals surface area (Å²) in [6, 6.07) is 6.05. The first-order valence-electron chi connectivity index (χ1n) is 8.43. The number of benzene rings is 1. The second kappa shape index (κ2) is 8.75. The molecular formula is C17H27N3O4S. The molecule has 1 atom stereocenters. The van der Waals surface area contributed by atoms with Crippen LogP contribution in [0.3, 0.4) is 0 Å². The van der Waals surface area contributed by atoms with E-state index in [0.29, 0.717) is 31.8 Å². The van der Waals surface area contributed by atoms with Crippen molar-refractivity contribution in [2.45, 2.75) is 24.3 Å². The highest BCUT2D eigenvalue weighted by Gasteiger charge is 2.26. The lowest BCUT2D eigenvalue weighted by molar-refractivity contribution is 0.0905. The Kier molecular flexibility index (Phi) is 6.95. The maximum absolute atomic E-state index is 12.9. The van der Waals surface area contributed by atoms with E-state index in [1.165, 1.54) is 10.4 Å². The van der Waals surface area contributed by atoms with Gasteiger partial charge in [-0.1, -0.05) is 6.07 Å². The fourth-order valence-corrected chi connectivity index (χ4v) is 4.32. The molecule has 25 heavy (non-hydrogen) atoms. The standard InChI is InChI=1S/C17H27N3O4S/c1-14(13-24-3)18-17(21)15-6-4-7-16(12-15)25(22,23)20-9-5-8-19(2)10-11-20/h4,6-7,12,14H,5,8-11,13H2,1-3H3,(H,18,21). The zero-order chi connectivity index (χ0) is 18.4. The van der Waals surface area contributed by atoms with Gasteiger partial charge in [-0.25, -0.2) is 8.42 Å². The molecule has 1 aromatic carbocycles. The van der Waals surface area contributed by atoms with Gasteiger partial charge < -0.3 is 15.0 Å². The van der Waals surface area contributed by atoms with E-state index in [2.05, 4.69) is 10.2 Å². The van der Waals surface area contributed by atoms with E-state index >= 15 is 0 Å². The van der Waals surface area contributed by atoms with Gasteiger partial charge in [0.15, 0.2) is 0 Å². The summed E-state index contributed by atoms with van der Waals surface area (Å²) in [5, 5.41) is 2.79. The summed E-state index contributed by atoms with van der Waals surface area (Å²) in [7, 11) is -0.0492. The van der Waals surface area contributed by atoms with Gasteiger partial charge in [0.25, 0.3) is 5.91 Å². The van der Waals surface area contributed by atoms with Gasteiger partial charge >= 0.3 is 0 Å². The summed E-state index contributed by atoms with van der Waals surface area (Å²) in [6.45, 7) is 4.76. The van der Waals surface area contributed by atoms with Crippen LogP contribution in [0.15, 0.2) is 29.2 Å². The highest BCUT2D eigenvalue weighted by atomic mass is 32.2. The predicted octanol–water partition coefficient (Wildman–Crippen LogP) is 0.778. The predicted molar refractivity (Wildman–Crippen MR) is 96.1 cm³/mol. The Balaban J connectivity index is 2.17. The van der Waals surface area contributed by atoms with E-state index in [4.69, 9.17) is 4.74 Å². The largest absolute Gasteiger partial charge is 0.383 e. The smallest absolute Gasteiger partial charge is 0.251 e. The fourth-order valence-electron chi connectivity index (χ4n) is 2.81. The van der Waals surface area contributed by atoms with Crippen LogP contribution in [0.25, 0.3) is 0 Å². The molecule has 0 saturated carbocycles. The molecule has 0 radical (unpaired) electrons. The van der Waals surface area contributed by atoms with Gasteiger partial charge in [-0.05, 0) is 45.1 Å². The van der Waals surface area contributed by atoms with Crippen molar-refractivity contribution in [2.75, 3.05) is 46.9 Å². The number of nitrogens with zero attached hydrogens (tertiary/aromatic N) is 2. The van der Waals surface area contributed by atoms with Gasteiger partial charge in [-0.2, -0.15) is 4.31 Å². The lowest BCUT2D eigenvalue weighted by atomic mass is 10.2. The van der Waals surface area contributed by atoms with Gasteiger partial charge in [0.2, 0.25) is 10.0 Å². The molecule has 1 unspecified atom stereocenters. The van der Waals surface area contributed by atoms with Crippen LogP contribution in [0.2, 0.25) is 0 Å². The number of amides is 1. The number of nitrogens with one attached hydrogen (secondary N) is 1. The average Bonchev–Trinajstić information content (AvgIpc) is 2.80. The number of likely N-dealkylation sites (N-methyl/N-ethyl adjacent to an activating group) is 1. The van der Waals surface area contributed by atoms with Gasteiger partial charge in [0.05, 0.1) is 11.5 Å². The molecular weight excluding hydrogens is 342 g/mol. The first kappa shape index (κ1) is 19.8.